The van der Waals surface area contributed by atoms with Crippen molar-refractivity contribution < 1.29 is 44.3 Å². The predicted molar refractivity (Wildman–Crippen MR) is 87.5 cm³/mol. The fourth-order valence-corrected chi connectivity index (χ4v) is 2.88. The molecule has 1 nitrogen and oxygen atoms in total. The fraction of sp³-hybridized carbons (Fsp3) is 1.00. The van der Waals surface area contributed by atoms with E-state index in [4.69, 9.17) is 4.74 Å². The van der Waals surface area contributed by atoms with E-state index in [9.17, 15) is 39.5 Å². The third kappa shape index (κ3) is 7.23. The van der Waals surface area contributed by atoms with Crippen molar-refractivity contribution in [2.75, 3.05) is 13.2 Å². The lowest BCUT2D eigenvalue weighted by molar-refractivity contribution is -0.396. The molecule has 0 aromatic heterocycles. The van der Waals surface area contributed by atoms with Crippen LogP contribution in [-0.4, -0.2) is 41.1 Å². The highest BCUT2D eigenvalue weighted by Gasteiger charge is 2.81. The van der Waals surface area contributed by atoms with Crippen LogP contribution in [0.5, 0.6) is 0 Å². The van der Waals surface area contributed by atoms with Gasteiger partial charge < -0.3 is 4.74 Å². The second-order valence-corrected chi connectivity index (χ2v) is 7.76. The largest absolute Gasteiger partial charge is 0.460 e. The number of alkyl halides is 10. The average Bonchev–Trinajstić information content (AvgIpc) is 2.48. The molecule has 11 heteroatoms. The first-order valence-electron chi connectivity index (χ1n) is 8.12. The zero-order valence-corrected chi connectivity index (χ0v) is 16.3. The third-order valence-electron chi connectivity index (χ3n) is 3.63. The topological polar surface area (TPSA) is 9.23 Å². The summed E-state index contributed by atoms with van der Waals surface area (Å²) in [5.74, 6) is -18.9. The molecule has 0 aliphatic heterocycles. The summed E-state index contributed by atoms with van der Waals surface area (Å²) in [7, 11) is 0. The molecule has 0 fully saturated rings. The first kappa shape index (κ1) is 26.1. The Hall–Kier alpha value is 0.0600. The molecule has 0 rings (SSSR count). The summed E-state index contributed by atoms with van der Waals surface area (Å²) in [5, 5.41) is 0. The molecule has 0 aliphatic carbocycles. The number of unbranched alkanes of at least 4 members (excludes halogenated alkanes) is 5. The van der Waals surface area contributed by atoms with Gasteiger partial charge in [-0.15, -0.1) is 0 Å². The summed E-state index contributed by atoms with van der Waals surface area (Å²) in [4.78, 5) is 0. The van der Waals surface area contributed by atoms with E-state index in [-0.39, 0.29) is 6.61 Å². The van der Waals surface area contributed by atoms with Crippen molar-refractivity contribution in [3.63, 3.8) is 0 Å². The van der Waals surface area contributed by atoms with Gasteiger partial charge in [0.1, 0.15) is 0 Å². The molecule has 0 heterocycles. The number of halogens is 10. The van der Waals surface area contributed by atoms with Crippen LogP contribution in [0.15, 0.2) is 0 Å². The molecule has 0 aromatic rings. The normalized spacial score (nSPS) is 15.3. The van der Waals surface area contributed by atoms with Crippen molar-refractivity contribution in [2.45, 2.75) is 79.7 Å². The van der Waals surface area contributed by atoms with Gasteiger partial charge >= 0.3 is 23.9 Å². The van der Waals surface area contributed by atoms with Crippen LogP contribution in [0.3, 0.4) is 0 Å². The Kier molecular flexibility index (Phi) is 10.6. The lowest BCUT2D eigenvalue weighted by Gasteiger charge is -2.34. The van der Waals surface area contributed by atoms with E-state index in [0.29, 0.717) is 6.42 Å². The zero-order chi connectivity index (χ0) is 20.6. The summed E-state index contributed by atoms with van der Waals surface area (Å²) in [6, 6.07) is 0. The van der Waals surface area contributed by atoms with Gasteiger partial charge in [0.2, 0.25) is 0 Å². The molecule has 26 heavy (non-hydrogen) atoms. The van der Waals surface area contributed by atoms with E-state index in [1.54, 1.807) is 0 Å². The minimum Gasteiger partial charge on any atom is -0.380 e. The van der Waals surface area contributed by atoms with Crippen LogP contribution >= 0.6 is 22.6 Å². The van der Waals surface area contributed by atoms with Gasteiger partial charge in [-0.2, -0.15) is 39.5 Å². The van der Waals surface area contributed by atoms with Crippen molar-refractivity contribution in [1.29, 1.82) is 0 Å². The Morgan fingerprint density at radius 1 is 0.769 bits per heavy atom. The average molecular weight is 516 g/mol. The molecular weight excluding hydrogens is 494 g/mol. The predicted octanol–water partition coefficient (Wildman–Crippen LogP) is 7.03. The van der Waals surface area contributed by atoms with Crippen LogP contribution in [-0.2, 0) is 4.74 Å². The second kappa shape index (κ2) is 10.6. The van der Waals surface area contributed by atoms with Gasteiger partial charge in [0.05, 0.1) is 6.61 Å². The second-order valence-electron chi connectivity index (χ2n) is 6.00. The Labute approximate surface area is 160 Å². The van der Waals surface area contributed by atoms with Crippen molar-refractivity contribution in [2.24, 2.45) is 0 Å². The van der Waals surface area contributed by atoms with E-state index in [1.165, 1.54) is 22.6 Å². The number of ether oxygens (including phenoxy) is 1. The monoisotopic (exact) mass is 516 g/mol. The Morgan fingerprint density at radius 3 is 1.77 bits per heavy atom. The summed E-state index contributed by atoms with van der Waals surface area (Å²) >= 11 is 1.27. The van der Waals surface area contributed by atoms with E-state index in [1.807, 2.05) is 6.92 Å². The highest BCUT2D eigenvalue weighted by molar-refractivity contribution is 14.1. The number of hydrogen-bond acceptors (Lipinski definition) is 1. The molecule has 0 N–H and O–H groups in total. The van der Waals surface area contributed by atoms with Gasteiger partial charge in [-0.25, -0.2) is 0 Å². The molecule has 0 aliphatic rings. The van der Waals surface area contributed by atoms with Gasteiger partial charge in [0.15, 0.2) is 0 Å². The van der Waals surface area contributed by atoms with Crippen LogP contribution in [0.2, 0.25) is 0 Å². The summed E-state index contributed by atoms with van der Waals surface area (Å²) < 4.78 is 118. The Bertz CT molecular complexity index is 399. The summed E-state index contributed by atoms with van der Waals surface area (Å²) in [6.45, 7) is 1.78. The van der Waals surface area contributed by atoms with Crippen LogP contribution in [0, 0.1) is 0 Å². The zero-order valence-electron chi connectivity index (χ0n) is 14.1. The molecule has 0 radical (unpaired) electrons. The maximum atomic E-state index is 13.4. The highest BCUT2D eigenvalue weighted by atomic mass is 127. The maximum Gasteiger partial charge on any atom is 0.460 e. The molecule has 0 amide bonds. The van der Waals surface area contributed by atoms with Crippen molar-refractivity contribution in [1.82, 2.24) is 0 Å². The van der Waals surface area contributed by atoms with Gasteiger partial charge in [-0.05, 0) is 6.42 Å². The van der Waals surface area contributed by atoms with Gasteiger partial charge in [0.25, 0.3) is 0 Å². The van der Waals surface area contributed by atoms with Crippen LogP contribution in [0.1, 0.15) is 51.9 Å². The number of rotatable bonds is 13. The molecule has 0 bridgehead atoms. The lowest BCUT2D eigenvalue weighted by atomic mass is 10.00. The maximum absolute atomic E-state index is 13.4. The molecule has 0 saturated carbocycles. The third-order valence-corrected chi connectivity index (χ3v) is 4.43. The quantitative estimate of drug-likeness (QED) is 0.111. The van der Waals surface area contributed by atoms with Crippen molar-refractivity contribution >= 4 is 22.6 Å². The smallest absolute Gasteiger partial charge is 0.380 e. The standard InChI is InChI=1S/C15H22F9IO/c1-2-3-4-5-6-7-8-26-10-11(25)9-12(16,17)13(18,19)14(20,21)15(22,23)24/h11H,2-10H2,1H3. The lowest BCUT2D eigenvalue weighted by Crippen LogP contribution is -2.61. The first-order valence-corrected chi connectivity index (χ1v) is 9.37. The minimum atomic E-state index is -6.83. The highest BCUT2D eigenvalue weighted by Crippen LogP contribution is 2.54. The molecule has 0 aromatic carbocycles. The van der Waals surface area contributed by atoms with E-state index in [2.05, 4.69) is 0 Å². The SMILES string of the molecule is CCCCCCCCOCC(I)CC(F)(F)C(F)(F)C(F)(F)C(F)(F)F. The van der Waals surface area contributed by atoms with Gasteiger partial charge in [-0.3, -0.25) is 0 Å². The summed E-state index contributed by atoms with van der Waals surface area (Å²) in [6.07, 6.45) is -3.04. The fourth-order valence-electron chi connectivity index (χ4n) is 2.07. The van der Waals surface area contributed by atoms with E-state index >= 15 is 0 Å². The minimum absolute atomic E-state index is 0.173. The van der Waals surface area contributed by atoms with Gasteiger partial charge in [-0.1, -0.05) is 61.6 Å². The van der Waals surface area contributed by atoms with E-state index < -0.39 is 40.9 Å². The molecule has 1 unspecified atom stereocenters. The molecule has 158 valence electrons. The summed E-state index contributed by atoms with van der Waals surface area (Å²) in [5.41, 5.74) is 0. The molecule has 0 saturated heterocycles. The molecule has 1 atom stereocenters. The van der Waals surface area contributed by atoms with E-state index in [0.717, 1.165) is 32.1 Å². The Morgan fingerprint density at radius 2 is 1.27 bits per heavy atom. The van der Waals surface area contributed by atoms with Crippen molar-refractivity contribution in [3.8, 4) is 0 Å². The van der Waals surface area contributed by atoms with Gasteiger partial charge in [0, 0.05) is 17.0 Å². The number of hydrogen-bond donors (Lipinski definition) is 0. The van der Waals surface area contributed by atoms with Crippen molar-refractivity contribution in [3.05, 3.63) is 0 Å². The van der Waals surface area contributed by atoms with Crippen LogP contribution < -0.4 is 0 Å². The van der Waals surface area contributed by atoms with Crippen LogP contribution in [0.4, 0.5) is 39.5 Å². The molecular formula is C15H22F9IO. The molecule has 0 spiro atoms. The Balaban J connectivity index is 4.43. The first-order chi connectivity index (χ1) is 11.7. The van der Waals surface area contributed by atoms with Crippen LogP contribution in [0.25, 0.3) is 0 Å².